The van der Waals surface area contributed by atoms with Crippen LogP contribution in [0.15, 0.2) is 12.4 Å². The van der Waals surface area contributed by atoms with Crippen molar-refractivity contribution in [2.24, 2.45) is 0 Å². The van der Waals surface area contributed by atoms with Gasteiger partial charge in [0.2, 0.25) is 5.91 Å². The van der Waals surface area contributed by atoms with Gasteiger partial charge in [0.15, 0.2) is 0 Å². The summed E-state index contributed by atoms with van der Waals surface area (Å²) in [7, 11) is 0. The Kier molecular flexibility index (Phi) is 5.55. The monoisotopic (exact) mass is 280 g/mol. The second kappa shape index (κ2) is 7.40. The van der Waals surface area contributed by atoms with E-state index in [2.05, 4.69) is 29.5 Å². The molecule has 1 aliphatic heterocycles. The smallest absolute Gasteiger partial charge is 0.221 e. The maximum absolute atomic E-state index is 11.8. The summed E-state index contributed by atoms with van der Waals surface area (Å²) in [6.45, 7) is 7.87. The molecule has 112 valence electrons. The molecule has 0 saturated carbocycles. The lowest BCUT2D eigenvalue weighted by Gasteiger charge is -2.23. The molecule has 6 heteroatoms. The quantitative estimate of drug-likeness (QED) is 0.796. The largest absolute Gasteiger partial charge is 0.374 e. The van der Waals surface area contributed by atoms with Gasteiger partial charge in [0.25, 0.3) is 0 Å². The van der Waals surface area contributed by atoms with Crippen molar-refractivity contribution in [2.75, 3.05) is 26.2 Å². The summed E-state index contributed by atoms with van der Waals surface area (Å²) in [5.41, 5.74) is 0. The summed E-state index contributed by atoms with van der Waals surface area (Å²) in [6.07, 6.45) is 4.27. The normalized spacial score (nSPS) is 19.2. The topological polar surface area (TPSA) is 68.2 Å². The van der Waals surface area contributed by atoms with E-state index >= 15 is 0 Å². The van der Waals surface area contributed by atoms with Crippen molar-refractivity contribution >= 4 is 5.91 Å². The van der Waals surface area contributed by atoms with Gasteiger partial charge in [-0.2, -0.15) is 0 Å². The minimum absolute atomic E-state index is 0.0579. The fourth-order valence-corrected chi connectivity index (χ4v) is 2.30. The Morgan fingerprint density at radius 2 is 2.50 bits per heavy atom. The van der Waals surface area contributed by atoms with Gasteiger partial charge in [-0.3, -0.25) is 4.79 Å². The zero-order valence-electron chi connectivity index (χ0n) is 12.3. The maximum Gasteiger partial charge on any atom is 0.221 e. The highest BCUT2D eigenvalue weighted by Crippen LogP contribution is 2.11. The number of imidazole rings is 1. The van der Waals surface area contributed by atoms with E-state index in [1.807, 2.05) is 10.8 Å². The summed E-state index contributed by atoms with van der Waals surface area (Å²) in [5, 5.41) is 6.17. The van der Waals surface area contributed by atoms with Crippen LogP contribution in [-0.4, -0.2) is 47.8 Å². The summed E-state index contributed by atoms with van der Waals surface area (Å²) < 4.78 is 7.58. The van der Waals surface area contributed by atoms with Crippen LogP contribution in [0.2, 0.25) is 0 Å². The van der Waals surface area contributed by atoms with Crippen LogP contribution in [-0.2, 0) is 16.1 Å². The molecule has 0 bridgehead atoms. The minimum atomic E-state index is 0.0579. The highest BCUT2D eigenvalue weighted by molar-refractivity contribution is 5.75. The van der Waals surface area contributed by atoms with Crippen molar-refractivity contribution in [1.82, 2.24) is 20.2 Å². The SMILES string of the molecule is CC(C)c1nccn1CCC(=O)NCC1CNCCO1. The van der Waals surface area contributed by atoms with E-state index < -0.39 is 0 Å². The first-order valence-corrected chi connectivity index (χ1v) is 7.27. The number of hydrogen-bond acceptors (Lipinski definition) is 4. The first-order valence-electron chi connectivity index (χ1n) is 7.27. The number of amides is 1. The fraction of sp³-hybridized carbons (Fsp3) is 0.714. The van der Waals surface area contributed by atoms with Gasteiger partial charge >= 0.3 is 0 Å². The number of carbonyl (C=O) groups excluding carboxylic acids is 1. The molecule has 20 heavy (non-hydrogen) atoms. The average molecular weight is 280 g/mol. The Bertz CT molecular complexity index is 425. The standard InChI is InChI=1S/C14H24N4O2/c1-11(2)14-16-4-7-18(14)6-3-13(19)17-10-12-9-15-5-8-20-12/h4,7,11-12,15H,3,5-6,8-10H2,1-2H3,(H,17,19). The van der Waals surface area contributed by atoms with Crippen molar-refractivity contribution in [2.45, 2.75) is 38.8 Å². The lowest BCUT2D eigenvalue weighted by Crippen LogP contribution is -2.45. The van der Waals surface area contributed by atoms with Crippen molar-refractivity contribution < 1.29 is 9.53 Å². The molecule has 0 aliphatic carbocycles. The zero-order chi connectivity index (χ0) is 14.4. The lowest BCUT2D eigenvalue weighted by atomic mass is 10.2. The number of morpholine rings is 1. The van der Waals surface area contributed by atoms with Crippen molar-refractivity contribution in [3.05, 3.63) is 18.2 Å². The lowest BCUT2D eigenvalue weighted by molar-refractivity contribution is -0.122. The van der Waals surface area contributed by atoms with Crippen molar-refractivity contribution in [1.29, 1.82) is 0 Å². The van der Waals surface area contributed by atoms with Crippen LogP contribution in [0, 0.1) is 0 Å². The predicted molar refractivity (Wildman–Crippen MR) is 76.6 cm³/mol. The van der Waals surface area contributed by atoms with Gasteiger partial charge in [-0.25, -0.2) is 4.98 Å². The highest BCUT2D eigenvalue weighted by Gasteiger charge is 2.14. The molecule has 2 heterocycles. The molecule has 1 fully saturated rings. The summed E-state index contributed by atoms with van der Waals surface area (Å²) in [5.74, 6) is 1.45. The summed E-state index contributed by atoms with van der Waals surface area (Å²) >= 11 is 0. The maximum atomic E-state index is 11.8. The number of hydrogen-bond donors (Lipinski definition) is 2. The van der Waals surface area contributed by atoms with Gasteiger partial charge in [-0.1, -0.05) is 13.8 Å². The van der Waals surface area contributed by atoms with Crippen molar-refractivity contribution in [3.63, 3.8) is 0 Å². The van der Waals surface area contributed by atoms with E-state index in [0.717, 1.165) is 18.9 Å². The van der Waals surface area contributed by atoms with Crippen LogP contribution in [0.5, 0.6) is 0 Å². The molecule has 2 N–H and O–H groups in total. The summed E-state index contributed by atoms with van der Waals surface area (Å²) in [6, 6.07) is 0. The molecule has 1 amide bonds. The van der Waals surface area contributed by atoms with E-state index in [1.165, 1.54) is 0 Å². The Balaban J connectivity index is 1.70. The van der Waals surface area contributed by atoms with Crippen LogP contribution in [0.3, 0.4) is 0 Å². The Hall–Kier alpha value is -1.40. The second-order valence-electron chi connectivity index (χ2n) is 5.38. The van der Waals surface area contributed by atoms with Crippen LogP contribution >= 0.6 is 0 Å². The first-order chi connectivity index (χ1) is 9.66. The number of aryl methyl sites for hydroxylation is 1. The zero-order valence-corrected chi connectivity index (χ0v) is 12.3. The van der Waals surface area contributed by atoms with Gasteiger partial charge in [0.1, 0.15) is 5.82 Å². The third kappa shape index (κ3) is 4.31. The molecule has 1 aromatic rings. The number of aromatic nitrogens is 2. The van der Waals surface area contributed by atoms with Gasteiger partial charge in [-0.05, 0) is 0 Å². The third-order valence-electron chi connectivity index (χ3n) is 3.38. The van der Waals surface area contributed by atoms with Gasteiger partial charge < -0.3 is 19.9 Å². The molecule has 6 nitrogen and oxygen atoms in total. The van der Waals surface area contributed by atoms with E-state index in [0.29, 0.717) is 32.0 Å². The first kappa shape index (κ1) is 15.0. The molecule has 1 unspecified atom stereocenters. The molecule has 1 aliphatic rings. The highest BCUT2D eigenvalue weighted by atomic mass is 16.5. The van der Waals surface area contributed by atoms with Crippen molar-refractivity contribution in [3.8, 4) is 0 Å². The molecular weight excluding hydrogens is 256 g/mol. The summed E-state index contributed by atoms with van der Waals surface area (Å²) in [4.78, 5) is 16.2. The van der Waals surface area contributed by atoms with Gasteiger partial charge in [-0.15, -0.1) is 0 Å². The Morgan fingerprint density at radius 3 is 3.20 bits per heavy atom. The predicted octanol–water partition coefficient (Wildman–Crippen LogP) is 0.501. The molecular formula is C14H24N4O2. The van der Waals surface area contributed by atoms with Crippen LogP contribution in [0.25, 0.3) is 0 Å². The molecule has 1 atom stereocenters. The average Bonchev–Trinajstić information content (AvgIpc) is 2.92. The molecule has 2 rings (SSSR count). The van der Waals surface area contributed by atoms with Gasteiger partial charge in [0, 0.05) is 50.9 Å². The number of rotatable bonds is 6. The third-order valence-corrected chi connectivity index (χ3v) is 3.38. The van der Waals surface area contributed by atoms with Crippen LogP contribution in [0.1, 0.15) is 32.0 Å². The van der Waals surface area contributed by atoms with Crippen LogP contribution < -0.4 is 10.6 Å². The molecule has 0 spiro atoms. The van der Waals surface area contributed by atoms with Gasteiger partial charge in [0.05, 0.1) is 12.7 Å². The van der Waals surface area contributed by atoms with E-state index in [1.54, 1.807) is 6.20 Å². The molecule has 0 radical (unpaired) electrons. The number of nitrogens with zero attached hydrogens (tertiary/aromatic N) is 2. The number of nitrogens with one attached hydrogen (secondary N) is 2. The fourth-order valence-electron chi connectivity index (χ4n) is 2.30. The Labute approximate surface area is 119 Å². The molecule has 1 aromatic heterocycles. The number of carbonyl (C=O) groups is 1. The minimum Gasteiger partial charge on any atom is -0.374 e. The van der Waals surface area contributed by atoms with E-state index in [9.17, 15) is 4.79 Å². The molecule has 1 saturated heterocycles. The molecule has 0 aromatic carbocycles. The van der Waals surface area contributed by atoms with E-state index in [-0.39, 0.29) is 12.0 Å². The van der Waals surface area contributed by atoms with E-state index in [4.69, 9.17) is 4.74 Å². The second-order valence-corrected chi connectivity index (χ2v) is 5.38. The van der Waals surface area contributed by atoms with Crippen LogP contribution in [0.4, 0.5) is 0 Å². The Morgan fingerprint density at radius 1 is 1.65 bits per heavy atom. The number of ether oxygens (including phenoxy) is 1.